The van der Waals surface area contributed by atoms with Crippen molar-refractivity contribution < 1.29 is 23.5 Å². The maximum Gasteiger partial charge on any atom is 0.295 e. The van der Waals surface area contributed by atoms with Crippen molar-refractivity contribution in [3.63, 3.8) is 0 Å². The molecule has 4 rings (SSSR count). The van der Waals surface area contributed by atoms with Gasteiger partial charge in [-0.25, -0.2) is 0 Å². The molecule has 2 amide bonds. The molecule has 1 atom stereocenters. The second-order valence-corrected chi connectivity index (χ2v) is 7.99. The minimum Gasteiger partial charge on any atom is -0.497 e. The van der Waals surface area contributed by atoms with E-state index in [4.69, 9.17) is 13.9 Å². The number of anilines is 1. The van der Waals surface area contributed by atoms with Crippen LogP contribution in [0.15, 0.2) is 71.3 Å². The van der Waals surface area contributed by atoms with Crippen molar-refractivity contribution in [2.24, 2.45) is 0 Å². The summed E-state index contributed by atoms with van der Waals surface area (Å²) >= 11 is 0. The van der Waals surface area contributed by atoms with Crippen molar-refractivity contribution in [3.8, 4) is 11.5 Å². The Balaban J connectivity index is 1.86. The van der Waals surface area contributed by atoms with Crippen LogP contribution >= 0.6 is 0 Å². The molecule has 172 valence electrons. The van der Waals surface area contributed by atoms with Crippen LogP contribution in [0.2, 0.25) is 0 Å². The van der Waals surface area contributed by atoms with E-state index in [1.54, 1.807) is 37.4 Å². The second kappa shape index (κ2) is 10.3. The van der Waals surface area contributed by atoms with E-state index in [1.165, 1.54) is 18.3 Å². The van der Waals surface area contributed by atoms with Gasteiger partial charge in [-0.1, -0.05) is 43.2 Å². The van der Waals surface area contributed by atoms with Gasteiger partial charge in [-0.2, -0.15) is 0 Å². The Morgan fingerprint density at radius 1 is 1.00 bits per heavy atom. The first-order valence-corrected chi connectivity index (χ1v) is 11.1. The predicted octanol–water partition coefficient (Wildman–Crippen LogP) is 4.74. The van der Waals surface area contributed by atoms with Crippen LogP contribution in [-0.2, 0) is 4.79 Å². The minimum absolute atomic E-state index is 0.0940. The zero-order valence-corrected chi connectivity index (χ0v) is 18.8. The zero-order valence-electron chi connectivity index (χ0n) is 18.8. The molecule has 3 aromatic rings. The van der Waals surface area contributed by atoms with Gasteiger partial charge in [0.15, 0.2) is 5.76 Å². The van der Waals surface area contributed by atoms with Gasteiger partial charge < -0.3 is 19.2 Å². The smallest absolute Gasteiger partial charge is 0.295 e. The highest BCUT2D eigenvalue weighted by Crippen LogP contribution is 2.39. The van der Waals surface area contributed by atoms with Crippen LogP contribution in [0.3, 0.4) is 0 Å². The average Bonchev–Trinajstić information content (AvgIpc) is 3.57. The van der Waals surface area contributed by atoms with E-state index in [9.17, 15) is 9.59 Å². The lowest BCUT2D eigenvalue weighted by Crippen LogP contribution is -2.46. The summed E-state index contributed by atoms with van der Waals surface area (Å²) < 4.78 is 16.4. The molecule has 1 aliphatic carbocycles. The van der Waals surface area contributed by atoms with Crippen molar-refractivity contribution in [2.45, 2.75) is 37.8 Å². The van der Waals surface area contributed by atoms with E-state index in [0.29, 0.717) is 22.7 Å². The number of carbonyl (C=O) groups is 2. The van der Waals surface area contributed by atoms with Gasteiger partial charge in [-0.15, -0.1) is 0 Å². The van der Waals surface area contributed by atoms with Gasteiger partial charge in [0.25, 0.3) is 5.91 Å². The Bertz CT molecular complexity index is 1080. The fourth-order valence-corrected chi connectivity index (χ4v) is 4.27. The molecule has 33 heavy (non-hydrogen) atoms. The van der Waals surface area contributed by atoms with Gasteiger partial charge in [0.2, 0.25) is 5.91 Å². The van der Waals surface area contributed by atoms with E-state index in [0.717, 1.165) is 25.7 Å². The molecule has 7 nitrogen and oxygen atoms in total. The molecule has 1 N–H and O–H groups in total. The predicted molar refractivity (Wildman–Crippen MR) is 125 cm³/mol. The van der Waals surface area contributed by atoms with Crippen LogP contribution in [0, 0.1) is 0 Å². The van der Waals surface area contributed by atoms with Gasteiger partial charge in [0.05, 0.1) is 26.2 Å². The number of benzene rings is 2. The fraction of sp³-hybridized carbons (Fsp3) is 0.308. The number of furan rings is 1. The zero-order chi connectivity index (χ0) is 23.2. The number of ether oxygens (including phenoxy) is 2. The molecule has 1 fully saturated rings. The average molecular weight is 449 g/mol. The van der Waals surface area contributed by atoms with Crippen molar-refractivity contribution in [3.05, 3.63) is 78.3 Å². The molecule has 1 heterocycles. The van der Waals surface area contributed by atoms with Crippen molar-refractivity contribution in [2.75, 3.05) is 19.1 Å². The molecule has 1 aromatic heterocycles. The number of hydrogen-bond acceptors (Lipinski definition) is 5. The Morgan fingerprint density at radius 2 is 1.76 bits per heavy atom. The van der Waals surface area contributed by atoms with Gasteiger partial charge in [-0.3, -0.25) is 14.5 Å². The van der Waals surface area contributed by atoms with Crippen molar-refractivity contribution in [1.29, 1.82) is 0 Å². The number of nitrogens with zero attached hydrogens (tertiary/aromatic N) is 1. The molecule has 0 spiro atoms. The topological polar surface area (TPSA) is 81.0 Å². The highest BCUT2D eigenvalue weighted by molar-refractivity contribution is 6.09. The standard InChI is InChI=1S/C26H28N2O5/c1-31-20-14-15-22(32-2)21(17-20)28(26(30)23-13-8-16-33-23)24(18-9-4-3-5-10-18)25(29)27-19-11-6-7-12-19/h3-5,8-10,13-17,19,24H,6-7,11-12H2,1-2H3,(H,27,29)/t24-/m0/s1. The molecule has 0 unspecified atom stereocenters. The molecule has 0 saturated heterocycles. The Hall–Kier alpha value is -3.74. The number of methoxy groups -OCH3 is 2. The van der Waals surface area contributed by atoms with E-state index in [1.807, 2.05) is 30.3 Å². The molecule has 7 heteroatoms. The number of nitrogens with one attached hydrogen (secondary N) is 1. The highest BCUT2D eigenvalue weighted by atomic mass is 16.5. The number of rotatable bonds is 8. The summed E-state index contributed by atoms with van der Waals surface area (Å²) in [6.07, 6.45) is 5.47. The normalized spacial score (nSPS) is 14.5. The first kappa shape index (κ1) is 22.5. The van der Waals surface area contributed by atoms with Crippen molar-refractivity contribution >= 4 is 17.5 Å². The highest BCUT2D eigenvalue weighted by Gasteiger charge is 2.37. The Labute approximate surface area is 193 Å². The van der Waals surface area contributed by atoms with Crippen LogP contribution < -0.4 is 19.7 Å². The summed E-state index contributed by atoms with van der Waals surface area (Å²) in [5.74, 6) is 0.380. The maximum absolute atomic E-state index is 13.8. The summed E-state index contributed by atoms with van der Waals surface area (Å²) in [5.41, 5.74) is 1.09. The van der Waals surface area contributed by atoms with Gasteiger partial charge in [0, 0.05) is 12.1 Å². The summed E-state index contributed by atoms with van der Waals surface area (Å²) in [4.78, 5) is 29.0. The monoisotopic (exact) mass is 448 g/mol. The number of carbonyl (C=O) groups excluding carboxylic acids is 2. The molecule has 1 saturated carbocycles. The summed E-state index contributed by atoms with van der Waals surface area (Å²) in [6, 6.07) is 16.8. The number of hydrogen-bond donors (Lipinski definition) is 1. The van der Waals surface area contributed by atoms with E-state index < -0.39 is 11.9 Å². The van der Waals surface area contributed by atoms with Crippen LogP contribution in [0.1, 0.15) is 47.8 Å². The van der Waals surface area contributed by atoms with Crippen LogP contribution in [-0.4, -0.2) is 32.1 Å². The van der Waals surface area contributed by atoms with Crippen LogP contribution in [0.5, 0.6) is 11.5 Å². The Kier molecular flexibility index (Phi) is 6.98. The van der Waals surface area contributed by atoms with Crippen LogP contribution in [0.25, 0.3) is 0 Å². The third-order valence-corrected chi connectivity index (χ3v) is 5.92. The van der Waals surface area contributed by atoms with Crippen molar-refractivity contribution in [1.82, 2.24) is 5.32 Å². The fourth-order valence-electron chi connectivity index (χ4n) is 4.27. The third-order valence-electron chi connectivity index (χ3n) is 5.92. The molecule has 0 bridgehead atoms. The molecular weight excluding hydrogens is 420 g/mol. The lowest BCUT2D eigenvalue weighted by Gasteiger charge is -2.32. The molecule has 0 radical (unpaired) electrons. The molecule has 1 aliphatic rings. The van der Waals surface area contributed by atoms with Gasteiger partial charge >= 0.3 is 0 Å². The second-order valence-electron chi connectivity index (χ2n) is 7.99. The molecule has 0 aliphatic heterocycles. The van der Waals surface area contributed by atoms with E-state index >= 15 is 0 Å². The summed E-state index contributed by atoms with van der Waals surface area (Å²) in [7, 11) is 3.07. The Morgan fingerprint density at radius 3 is 2.39 bits per heavy atom. The summed E-state index contributed by atoms with van der Waals surface area (Å²) in [5, 5.41) is 3.16. The van der Waals surface area contributed by atoms with Gasteiger partial charge in [0.1, 0.15) is 17.5 Å². The lowest BCUT2D eigenvalue weighted by molar-refractivity contribution is -0.123. The van der Waals surface area contributed by atoms with E-state index in [-0.39, 0.29) is 17.7 Å². The quantitative estimate of drug-likeness (QED) is 0.538. The van der Waals surface area contributed by atoms with E-state index in [2.05, 4.69) is 5.32 Å². The summed E-state index contributed by atoms with van der Waals surface area (Å²) in [6.45, 7) is 0. The SMILES string of the molecule is COc1ccc(OC)c(N(C(=O)c2ccco2)[C@H](C(=O)NC2CCCC2)c2ccccc2)c1. The first-order chi connectivity index (χ1) is 16.1. The third kappa shape index (κ3) is 4.87. The van der Waals surface area contributed by atoms with Crippen LogP contribution in [0.4, 0.5) is 5.69 Å². The lowest BCUT2D eigenvalue weighted by atomic mass is 10.0. The largest absolute Gasteiger partial charge is 0.497 e. The molecular formula is C26H28N2O5. The molecule has 2 aromatic carbocycles. The first-order valence-electron chi connectivity index (χ1n) is 11.1. The minimum atomic E-state index is -0.939. The number of amides is 2. The maximum atomic E-state index is 13.8. The van der Waals surface area contributed by atoms with Gasteiger partial charge in [-0.05, 0) is 42.7 Å².